The number of carbonyl (C=O) groups excluding carboxylic acids is 2. The van der Waals surface area contributed by atoms with Crippen LogP contribution < -0.4 is 0 Å². The zero-order chi connectivity index (χ0) is 19.3. The Morgan fingerprint density at radius 1 is 1.04 bits per heavy atom. The molecule has 3 rings (SSSR count). The van der Waals surface area contributed by atoms with Crippen molar-refractivity contribution >= 4 is 11.9 Å². The lowest BCUT2D eigenvalue weighted by atomic mass is 9.83. The zero-order valence-electron chi connectivity index (χ0n) is 14.3. The SMILES string of the molecule is COC(=O)C1C(C(=O)OC)C12CC(c1ccc(C)cc1)(C(F)(F)F)N=N2. The quantitative estimate of drug-likeness (QED) is 0.767. The molecule has 3 unspecified atom stereocenters. The Hall–Kier alpha value is -2.45. The molecular weight excluding hydrogens is 353 g/mol. The molecule has 0 N–H and O–H groups in total. The molecule has 1 aromatic rings. The molecule has 3 atom stereocenters. The number of halogens is 3. The Kier molecular flexibility index (Phi) is 4.08. The summed E-state index contributed by atoms with van der Waals surface area (Å²) >= 11 is 0. The molecule has 1 heterocycles. The summed E-state index contributed by atoms with van der Waals surface area (Å²) in [5, 5.41) is 7.37. The minimum Gasteiger partial charge on any atom is -0.469 e. The van der Waals surface area contributed by atoms with E-state index in [-0.39, 0.29) is 5.56 Å². The predicted molar refractivity (Wildman–Crippen MR) is 82.1 cm³/mol. The number of alkyl halides is 3. The van der Waals surface area contributed by atoms with Gasteiger partial charge in [-0.2, -0.15) is 23.4 Å². The van der Waals surface area contributed by atoms with E-state index in [1.807, 2.05) is 0 Å². The highest BCUT2D eigenvalue weighted by Gasteiger charge is 2.80. The van der Waals surface area contributed by atoms with Gasteiger partial charge < -0.3 is 9.47 Å². The Balaban J connectivity index is 2.05. The van der Waals surface area contributed by atoms with Crippen LogP contribution >= 0.6 is 0 Å². The summed E-state index contributed by atoms with van der Waals surface area (Å²) in [5.41, 5.74) is -3.51. The lowest BCUT2D eigenvalue weighted by molar-refractivity contribution is -0.189. The molecule has 140 valence electrons. The van der Waals surface area contributed by atoms with Crippen molar-refractivity contribution in [2.24, 2.45) is 22.1 Å². The average molecular weight is 370 g/mol. The van der Waals surface area contributed by atoms with Gasteiger partial charge in [-0.1, -0.05) is 29.8 Å². The summed E-state index contributed by atoms with van der Waals surface area (Å²) in [6.45, 7) is 1.75. The van der Waals surface area contributed by atoms with E-state index in [2.05, 4.69) is 19.7 Å². The second-order valence-electron chi connectivity index (χ2n) is 6.59. The highest BCUT2D eigenvalue weighted by Crippen LogP contribution is 2.66. The number of hydrogen-bond donors (Lipinski definition) is 0. The molecule has 9 heteroatoms. The van der Waals surface area contributed by atoms with Crippen molar-refractivity contribution in [3.05, 3.63) is 35.4 Å². The Labute approximate surface area is 147 Å². The number of esters is 2. The molecule has 1 aliphatic carbocycles. The number of carbonyl (C=O) groups is 2. The lowest BCUT2D eigenvalue weighted by Crippen LogP contribution is -2.41. The van der Waals surface area contributed by atoms with E-state index in [1.54, 1.807) is 19.1 Å². The van der Waals surface area contributed by atoms with Crippen LogP contribution in [-0.2, 0) is 24.6 Å². The van der Waals surface area contributed by atoms with Crippen molar-refractivity contribution in [1.82, 2.24) is 0 Å². The van der Waals surface area contributed by atoms with Gasteiger partial charge in [0.1, 0.15) is 17.4 Å². The lowest BCUT2D eigenvalue weighted by Gasteiger charge is -2.28. The first-order valence-corrected chi connectivity index (χ1v) is 7.86. The minimum absolute atomic E-state index is 0.0876. The molecule has 0 bridgehead atoms. The summed E-state index contributed by atoms with van der Waals surface area (Å²) in [6.07, 6.45) is -5.40. The van der Waals surface area contributed by atoms with Crippen LogP contribution in [0.1, 0.15) is 17.5 Å². The van der Waals surface area contributed by atoms with Crippen molar-refractivity contribution < 1.29 is 32.2 Å². The number of azo groups is 1. The molecule has 1 aromatic carbocycles. The number of aryl methyl sites for hydroxylation is 1. The van der Waals surface area contributed by atoms with Gasteiger partial charge in [0.15, 0.2) is 0 Å². The maximum Gasteiger partial charge on any atom is 0.419 e. The van der Waals surface area contributed by atoms with E-state index in [0.717, 1.165) is 19.8 Å². The Bertz CT molecular complexity index is 753. The van der Waals surface area contributed by atoms with Crippen LogP contribution in [0.4, 0.5) is 13.2 Å². The van der Waals surface area contributed by atoms with Crippen LogP contribution in [0.2, 0.25) is 0 Å². The van der Waals surface area contributed by atoms with Crippen molar-refractivity contribution in [3.63, 3.8) is 0 Å². The van der Waals surface area contributed by atoms with Crippen LogP contribution in [-0.4, -0.2) is 37.9 Å². The summed E-state index contributed by atoms with van der Waals surface area (Å²) in [7, 11) is 2.21. The highest BCUT2D eigenvalue weighted by atomic mass is 19.4. The molecule has 2 aliphatic rings. The van der Waals surface area contributed by atoms with Gasteiger partial charge in [0.2, 0.25) is 5.54 Å². The van der Waals surface area contributed by atoms with Crippen molar-refractivity contribution in [1.29, 1.82) is 0 Å². The molecule has 6 nitrogen and oxygen atoms in total. The fraction of sp³-hybridized carbons (Fsp3) is 0.529. The number of methoxy groups -OCH3 is 2. The maximum atomic E-state index is 14.0. The predicted octanol–water partition coefficient (Wildman–Crippen LogP) is 2.94. The normalized spacial score (nSPS) is 32.5. The second kappa shape index (κ2) is 5.78. The number of rotatable bonds is 3. The van der Waals surface area contributed by atoms with E-state index in [1.165, 1.54) is 12.1 Å². The first kappa shape index (κ1) is 18.3. The summed E-state index contributed by atoms with van der Waals surface area (Å²) < 4.78 is 51.3. The minimum atomic E-state index is -4.75. The van der Waals surface area contributed by atoms with Gasteiger partial charge in [-0.25, -0.2) is 0 Å². The number of benzene rings is 1. The fourth-order valence-electron chi connectivity index (χ4n) is 3.67. The smallest absolute Gasteiger partial charge is 0.419 e. The van der Waals surface area contributed by atoms with Gasteiger partial charge in [0.05, 0.1) is 14.2 Å². The van der Waals surface area contributed by atoms with E-state index in [9.17, 15) is 22.8 Å². The Morgan fingerprint density at radius 3 is 1.96 bits per heavy atom. The third-order valence-electron chi connectivity index (χ3n) is 5.16. The maximum absolute atomic E-state index is 14.0. The first-order valence-electron chi connectivity index (χ1n) is 7.86. The highest BCUT2D eigenvalue weighted by molar-refractivity contribution is 5.91. The second-order valence-corrected chi connectivity index (χ2v) is 6.59. The fourth-order valence-corrected chi connectivity index (χ4v) is 3.67. The molecular formula is C17H17F3N2O4. The van der Waals surface area contributed by atoms with Crippen LogP contribution in [0.5, 0.6) is 0 Å². The van der Waals surface area contributed by atoms with Gasteiger partial charge in [0.25, 0.3) is 0 Å². The molecule has 0 aromatic heterocycles. The van der Waals surface area contributed by atoms with Crippen molar-refractivity contribution in [3.8, 4) is 0 Å². The molecule has 26 heavy (non-hydrogen) atoms. The molecule has 1 fully saturated rings. The standard InChI is InChI=1S/C17H17F3N2O4/c1-9-4-6-10(7-5-9)16(17(18,19)20)8-15(21-22-16)11(13(23)25-2)12(15)14(24)26-3/h4-7,11-12H,8H2,1-3H3. The topological polar surface area (TPSA) is 77.3 Å². The van der Waals surface area contributed by atoms with Gasteiger partial charge in [-0.05, 0) is 12.5 Å². The third-order valence-corrected chi connectivity index (χ3v) is 5.16. The van der Waals surface area contributed by atoms with Crippen LogP contribution in [0, 0.1) is 18.8 Å². The first-order chi connectivity index (χ1) is 12.1. The molecule has 0 radical (unpaired) electrons. The van der Waals surface area contributed by atoms with E-state index in [0.29, 0.717) is 0 Å². The summed E-state index contributed by atoms with van der Waals surface area (Å²) in [6, 6.07) is 5.77. The largest absolute Gasteiger partial charge is 0.469 e. The number of nitrogens with zero attached hydrogens (tertiary/aromatic N) is 2. The summed E-state index contributed by atoms with van der Waals surface area (Å²) in [5.74, 6) is -3.89. The molecule has 0 saturated heterocycles. The Morgan fingerprint density at radius 2 is 1.54 bits per heavy atom. The van der Waals surface area contributed by atoms with Crippen LogP contribution in [0.25, 0.3) is 0 Å². The van der Waals surface area contributed by atoms with E-state index >= 15 is 0 Å². The van der Waals surface area contributed by atoms with Gasteiger partial charge in [-0.3, -0.25) is 9.59 Å². The van der Waals surface area contributed by atoms with Gasteiger partial charge in [-0.15, -0.1) is 0 Å². The van der Waals surface area contributed by atoms with Gasteiger partial charge in [0, 0.05) is 6.42 Å². The average Bonchev–Trinajstić information content (AvgIpc) is 3.04. The van der Waals surface area contributed by atoms with Crippen molar-refractivity contribution in [2.75, 3.05) is 14.2 Å². The van der Waals surface area contributed by atoms with Crippen LogP contribution in [0.3, 0.4) is 0 Å². The summed E-state index contributed by atoms with van der Waals surface area (Å²) in [4.78, 5) is 24.0. The molecule has 1 spiro atoms. The van der Waals surface area contributed by atoms with E-state index < -0.39 is 47.4 Å². The van der Waals surface area contributed by atoms with E-state index in [4.69, 9.17) is 0 Å². The number of hydrogen-bond acceptors (Lipinski definition) is 6. The molecule has 0 amide bonds. The van der Waals surface area contributed by atoms with Crippen LogP contribution in [0.15, 0.2) is 34.5 Å². The molecule has 1 aliphatic heterocycles. The van der Waals surface area contributed by atoms with Crippen molar-refractivity contribution in [2.45, 2.75) is 30.6 Å². The monoisotopic (exact) mass is 370 g/mol. The zero-order valence-corrected chi connectivity index (χ0v) is 14.3. The molecule has 1 saturated carbocycles. The third kappa shape index (κ3) is 2.40. The van der Waals surface area contributed by atoms with Gasteiger partial charge >= 0.3 is 18.1 Å². The number of ether oxygens (including phenoxy) is 2.